The molecule has 0 aliphatic carbocycles. The molecule has 1 atom stereocenters. The summed E-state index contributed by atoms with van der Waals surface area (Å²) in [5.74, 6) is 0.263. The first-order chi connectivity index (χ1) is 14.0. The van der Waals surface area contributed by atoms with Crippen LogP contribution in [0.25, 0.3) is 16.8 Å². The highest BCUT2D eigenvalue weighted by Crippen LogP contribution is 2.30. The summed E-state index contributed by atoms with van der Waals surface area (Å²) in [7, 11) is 0. The Kier molecular flexibility index (Phi) is 4.94. The summed E-state index contributed by atoms with van der Waals surface area (Å²) in [6, 6.07) is 3.58. The van der Waals surface area contributed by atoms with Gasteiger partial charge in [-0.2, -0.15) is 15.3 Å². The van der Waals surface area contributed by atoms with Crippen LogP contribution in [0.4, 0.5) is 5.82 Å². The van der Waals surface area contributed by atoms with E-state index in [2.05, 4.69) is 35.6 Å². The molecule has 0 spiro atoms. The molecule has 1 aliphatic rings. The van der Waals surface area contributed by atoms with Gasteiger partial charge in [0.1, 0.15) is 12.4 Å². The standard InChI is InChI=1S/C20H20N8O/c1-12-16(9-24-26-12)20-13(2)27-28(14(20)3)11-19(29)25-18-5-4-15(8-23-18)17-10-21-6-7-22-17/h4-10,12H,11H2,1-3H3,(H,23,25,29). The first kappa shape index (κ1) is 18.6. The molecule has 1 N–H and O–H groups in total. The molecular weight excluding hydrogens is 368 g/mol. The van der Waals surface area contributed by atoms with Crippen LogP contribution in [-0.4, -0.2) is 36.7 Å². The second-order valence-corrected chi connectivity index (χ2v) is 6.77. The van der Waals surface area contributed by atoms with Crippen molar-refractivity contribution in [1.29, 1.82) is 0 Å². The predicted molar refractivity (Wildman–Crippen MR) is 108 cm³/mol. The SMILES string of the molecule is Cc1nn(CC(=O)Nc2ccc(-c3cnccn3)cn2)c(C)c1C1=CN=NC1C. The fourth-order valence-corrected chi connectivity index (χ4v) is 3.29. The molecule has 4 heterocycles. The molecule has 0 saturated heterocycles. The van der Waals surface area contributed by atoms with Crippen molar-refractivity contribution < 1.29 is 4.79 Å². The third kappa shape index (κ3) is 3.79. The molecule has 146 valence electrons. The molecule has 9 nitrogen and oxygen atoms in total. The number of aromatic nitrogens is 5. The minimum atomic E-state index is -0.204. The maximum absolute atomic E-state index is 12.5. The van der Waals surface area contributed by atoms with Crippen LogP contribution in [-0.2, 0) is 11.3 Å². The Morgan fingerprint density at radius 1 is 1.17 bits per heavy atom. The predicted octanol–water partition coefficient (Wildman–Crippen LogP) is 3.19. The molecule has 1 amide bonds. The van der Waals surface area contributed by atoms with Crippen molar-refractivity contribution in [2.75, 3.05) is 5.32 Å². The lowest BCUT2D eigenvalue weighted by molar-refractivity contribution is -0.117. The van der Waals surface area contributed by atoms with Gasteiger partial charge in [-0.05, 0) is 32.9 Å². The second-order valence-electron chi connectivity index (χ2n) is 6.77. The summed E-state index contributed by atoms with van der Waals surface area (Å²) >= 11 is 0. The van der Waals surface area contributed by atoms with Crippen molar-refractivity contribution in [3.05, 3.63) is 60.1 Å². The van der Waals surface area contributed by atoms with Gasteiger partial charge in [0.05, 0.1) is 29.8 Å². The van der Waals surface area contributed by atoms with Gasteiger partial charge < -0.3 is 5.32 Å². The van der Waals surface area contributed by atoms with Crippen LogP contribution in [0, 0.1) is 13.8 Å². The number of nitrogens with zero attached hydrogens (tertiary/aromatic N) is 7. The van der Waals surface area contributed by atoms with Crippen LogP contribution < -0.4 is 5.32 Å². The van der Waals surface area contributed by atoms with Gasteiger partial charge in [-0.1, -0.05) is 0 Å². The Morgan fingerprint density at radius 2 is 2.03 bits per heavy atom. The minimum absolute atomic E-state index is 0.00380. The molecule has 0 aromatic carbocycles. The number of hydrogen-bond donors (Lipinski definition) is 1. The lowest BCUT2D eigenvalue weighted by Crippen LogP contribution is -2.21. The maximum Gasteiger partial charge on any atom is 0.247 e. The molecule has 1 aliphatic heterocycles. The lowest BCUT2D eigenvalue weighted by Gasteiger charge is -2.09. The van der Waals surface area contributed by atoms with Crippen LogP contribution in [0.1, 0.15) is 23.9 Å². The normalized spacial score (nSPS) is 15.4. The minimum Gasteiger partial charge on any atom is -0.309 e. The van der Waals surface area contributed by atoms with Crippen LogP contribution in [0.3, 0.4) is 0 Å². The van der Waals surface area contributed by atoms with E-state index in [9.17, 15) is 4.79 Å². The second kappa shape index (κ2) is 7.70. The summed E-state index contributed by atoms with van der Waals surface area (Å²) in [6.45, 7) is 5.95. The zero-order valence-electron chi connectivity index (χ0n) is 16.4. The van der Waals surface area contributed by atoms with Gasteiger partial charge in [0.25, 0.3) is 0 Å². The smallest absolute Gasteiger partial charge is 0.247 e. The van der Waals surface area contributed by atoms with Crippen molar-refractivity contribution in [1.82, 2.24) is 24.7 Å². The molecule has 3 aromatic rings. The number of carbonyl (C=O) groups is 1. The Labute approximate surface area is 167 Å². The Morgan fingerprint density at radius 3 is 2.69 bits per heavy atom. The molecular formula is C20H20N8O. The van der Waals surface area contributed by atoms with Gasteiger partial charge in [-0.3, -0.25) is 19.4 Å². The molecule has 3 aromatic heterocycles. The number of carbonyl (C=O) groups excluding carboxylic acids is 1. The highest BCUT2D eigenvalue weighted by molar-refractivity contribution is 5.89. The number of pyridine rings is 1. The Bertz CT molecular complexity index is 1100. The number of azo groups is 1. The van der Waals surface area contributed by atoms with Crippen molar-refractivity contribution >= 4 is 17.3 Å². The average Bonchev–Trinajstić information content (AvgIpc) is 3.25. The molecule has 29 heavy (non-hydrogen) atoms. The summed E-state index contributed by atoms with van der Waals surface area (Å²) < 4.78 is 1.69. The zero-order chi connectivity index (χ0) is 20.4. The molecule has 0 radical (unpaired) electrons. The van der Waals surface area contributed by atoms with E-state index in [-0.39, 0.29) is 18.5 Å². The monoisotopic (exact) mass is 388 g/mol. The van der Waals surface area contributed by atoms with Gasteiger partial charge in [0.2, 0.25) is 5.91 Å². The van der Waals surface area contributed by atoms with E-state index in [1.807, 2.05) is 26.8 Å². The van der Waals surface area contributed by atoms with Gasteiger partial charge >= 0.3 is 0 Å². The summed E-state index contributed by atoms with van der Waals surface area (Å²) in [4.78, 5) is 25.1. The molecule has 1 unspecified atom stereocenters. The lowest BCUT2D eigenvalue weighted by atomic mass is 10.00. The van der Waals surface area contributed by atoms with Crippen LogP contribution >= 0.6 is 0 Å². The zero-order valence-corrected chi connectivity index (χ0v) is 16.4. The highest BCUT2D eigenvalue weighted by Gasteiger charge is 2.23. The van der Waals surface area contributed by atoms with Gasteiger partial charge in [-0.15, -0.1) is 0 Å². The third-order valence-electron chi connectivity index (χ3n) is 4.74. The molecule has 0 fully saturated rings. The average molecular weight is 388 g/mol. The van der Waals surface area contributed by atoms with Gasteiger partial charge in [0, 0.05) is 41.0 Å². The highest BCUT2D eigenvalue weighted by atomic mass is 16.2. The number of hydrogen-bond acceptors (Lipinski definition) is 7. The van der Waals surface area contributed by atoms with Crippen molar-refractivity contribution in [3.63, 3.8) is 0 Å². The Balaban J connectivity index is 1.45. The van der Waals surface area contributed by atoms with E-state index in [1.54, 1.807) is 41.7 Å². The van der Waals surface area contributed by atoms with Crippen LogP contribution in [0.5, 0.6) is 0 Å². The van der Waals surface area contributed by atoms with Crippen molar-refractivity contribution in [3.8, 4) is 11.3 Å². The molecule has 0 saturated carbocycles. The van der Waals surface area contributed by atoms with E-state index in [4.69, 9.17) is 0 Å². The quantitative estimate of drug-likeness (QED) is 0.722. The number of amides is 1. The van der Waals surface area contributed by atoms with E-state index >= 15 is 0 Å². The first-order valence-corrected chi connectivity index (χ1v) is 9.19. The number of nitrogens with one attached hydrogen (secondary N) is 1. The van der Waals surface area contributed by atoms with Crippen molar-refractivity contribution in [2.24, 2.45) is 10.2 Å². The fraction of sp³-hybridized carbons (Fsp3) is 0.250. The van der Waals surface area contributed by atoms with Crippen LogP contribution in [0.15, 0.2) is 53.3 Å². The van der Waals surface area contributed by atoms with E-state index in [0.29, 0.717) is 5.82 Å². The first-order valence-electron chi connectivity index (χ1n) is 9.19. The van der Waals surface area contributed by atoms with Gasteiger partial charge in [-0.25, -0.2) is 4.98 Å². The largest absolute Gasteiger partial charge is 0.309 e. The summed E-state index contributed by atoms with van der Waals surface area (Å²) in [5, 5.41) is 15.4. The van der Waals surface area contributed by atoms with E-state index < -0.39 is 0 Å². The van der Waals surface area contributed by atoms with Crippen LogP contribution in [0.2, 0.25) is 0 Å². The maximum atomic E-state index is 12.5. The van der Waals surface area contributed by atoms with E-state index in [1.165, 1.54) is 0 Å². The van der Waals surface area contributed by atoms with Gasteiger partial charge in [0.15, 0.2) is 0 Å². The molecule has 0 bridgehead atoms. The fourth-order valence-electron chi connectivity index (χ4n) is 3.29. The number of rotatable bonds is 5. The summed E-state index contributed by atoms with van der Waals surface area (Å²) in [5.41, 5.74) is 5.34. The number of aryl methyl sites for hydroxylation is 1. The van der Waals surface area contributed by atoms with E-state index in [0.717, 1.165) is 33.8 Å². The Hall–Kier alpha value is -3.75. The topological polar surface area (TPSA) is 110 Å². The third-order valence-corrected chi connectivity index (χ3v) is 4.74. The molecule has 4 rings (SSSR count). The number of anilines is 1. The summed E-state index contributed by atoms with van der Waals surface area (Å²) in [6.07, 6.45) is 8.31. The van der Waals surface area contributed by atoms with Crippen molar-refractivity contribution in [2.45, 2.75) is 33.4 Å². The molecule has 9 heteroatoms.